The van der Waals surface area contributed by atoms with E-state index in [1.54, 1.807) is 4.31 Å². The average molecular weight is 549 g/mol. The lowest BCUT2D eigenvalue weighted by Gasteiger charge is -2.50. The third-order valence-electron chi connectivity index (χ3n) is 7.87. The lowest BCUT2D eigenvalue weighted by molar-refractivity contribution is 0.0165. The Morgan fingerprint density at radius 1 is 1.14 bits per heavy atom. The van der Waals surface area contributed by atoms with Gasteiger partial charge in [0.05, 0.1) is 18.4 Å². The molecule has 0 spiro atoms. The van der Waals surface area contributed by atoms with Gasteiger partial charge in [0, 0.05) is 50.0 Å². The minimum absolute atomic E-state index is 0. The number of rotatable bonds is 10. The third kappa shape index (κ3) is 6.72. The molecule has 0 aromatic heterocycles. The lowest BCUT2D eigenvalue weighted by Crippen LogP contribution is -2.59. The van der Waals surface area contributed by atoms with Crippen LogP contribution in [0.25, 0.3) is 0 Å². The number of hydrogen-bond donors (Lipinski definition) is 1. The number of halogens is 2. The van der Waals surface area contributed by atoms with E-state index in [-0.39, 0.29) is 35.2 Å². The van der Waals surface area contributed by atoms with E-state index in [0.29, 0.717) is 61.8 Å². The molecule has 10 heteroatoms. The number of hydrogen-bond acceptors (Lipinski definition) is 6. The number of carbonyl (C=O) groups excluding carboxylic acids is 1. The fraction of sp³-hybridized carbons (Fsp3) is 0.720. The van der Waals surface area contributed by atoms with Crippen LogP contribution < -0.4 is 4.74 Å². The van der Waals surface area contributed by atoms with Gasteiger partial charge in [0.15, 0.2) is 5.78 Å². The molecule has 1 aromatic carbocycles. The minimum atomic E-state index is -3.17. The van der Waals surface area contributed by atoms with Crippen molar-refractivity contribution in [1.82, 2.24) is 9.21 Å². The van der Waals surface area contributed by atoms with Gasteiger partial charge in [-0.1, -0.05) is 19.3 Å². The molecule has 0 atom stereocenters. The van der Waals surface area contributed by atoms with Gasteiger partial charge in [0.2, 0.25) is 10.0 Å². The molecule has 4 rings (SSSR count). The number of nitrogens with zero attached hydrogens (tertiary/aromatic N) is 2. The second-order valence-corrected chi connectivity index (χ2v) is 12.4. The van der Waals surface area contributed by atoms with Gasteiger partial charge in [-0.05, 0) is 49.7 Å². The maximum absolute atomic E-state index is 13.9. The summed E-state index contributed by atoms with van der Waals surface area (Å²) < 4.78 is 46.4. The summed E-state index contributed by atoms with van der Waals surface area (Å²) in [6.07, 6.45) is 8.61. The number of Topliss-reactive ketones (excluding diaryl/α,β-unsaturated/α-hetero) is 1. The van der Waals surface area contributed by atoms with E-state index in [9.17, 15) is 17.6 Å². The number of thiol groups is 1. The molecule has 2 saturated carbocycles. The summed E-state index contributed by atoms with van der Waals surface area (Å²) >= 11 is 4.30. The van der Waals surface area contributed by atoms with Crippen molar-refractivity contribution in [2.24, 2.45) is 5.92 Å². The largest absolute Gasteiger partial charge is 0.496 e. The minimum Gasteiger partial charge on any atom is -0.496 e. The lowest BCUT2D eigenvalue weighted by atomic mass is 9.76. The quantitative estimate of drug-likeness (QED) is 0.339. The molecule has 1 saturated heterocycles. The fourth-order valence-electron chi connectivity index (χ4n) is 5.77. The Hall–Kier alpha value is -0.870. The van der Waals surface area contributed by atoms with Crippen LogP contribution in [0.15, 0.2) is 12.1 Å². The van der Waals surface area contributed by atoms with Crippen molar-refractivity contribution in [2.45, 2.75) is 69.1 Å². The van der Waals surface area contributed by atoms with Gasteiger partial charge in [0.25, 0.3) is 0 Å². The molecule has 1 heterocycles. The van der Waals surface area contributed by atoms with Crippen molar-refractivity contribution >= 4 is 40.8 Å². The molecular formula is C25H38ClFN2O4S2. The van der Waals surface area contributed by atoms with Crippen molar-refractivity contribution in [2.75, 3.05) is 39.0 Å². The Morgan fingerprint density at radius 3 is 2.37 bits per heavy atom. The molecule has 0 unspecified atom stereocenters. The summed E-state index contributed by atoms with van der Waals surface area (Å²) in [4.78, 5) is 15.8. The van der Waals surface area contributed by atoms with Crippen LogP contribution in [0.2, 0.25) is 0 Å². The van der Waals surface area contributed by atoms with E-state index in [0.717, 1.165) is 38.5 Å². The van der Waals surface area contributed by atoms with E-state index >= 15 is 0 Å². The van der Waals surface area contributed by atoms with Gasteiger partial charge in [-0.2, -0.15) is 16.9 Å². The smallest absolute Gasteiger partial charge is 0.214 e. The molecule has 35 heavy (non-hydrogen) atoms. The van der Waals surface area contributed by atoms with Crippen LogP contribution in [-0.4, -0.2) is 68.0 Å². The Morgan fingerprint density at radius 2 is 1.80 bits per heavy atom. The van der Waals surface area contributed by atoms with Gasteiger partial charge >= 0.3 is 0 Å². The molecule has 3 aliphatic rings. The zero-order valence-corrected chi connectivity index (χ0v) is 23.0. The second-order valence-electron chi connectivity index (χ2n) is 10.1. The first-order valence-electron chi connectivity index (χ1n) is 12.5. The first kappa shape index (κ1) is 28.7. The summed E-state index contributed by atoms with van der Waals surface area (Å²) in [5, 5.41) is 0. The van der Waals surface area contributed by atoms with E-state index < -0.39 is 15.8 Å². The third-order valence-corrected chi connectivity index (χ3v) is 10.3. The SMILES string of the molecule is COc1cc(F)cc(CS)c1C(=O)CCC1(N2CCN(S(=O)(=O)CC3CC3)CC2)CCCCC1.Cl. The van der Waals surface area contributed by atoms with Gasteiger partial charge < -0.3 is 4.74 Å². The van der Waals surface area contributed by atoms with Crippen LogP contribution in [0.5, 0.6) is 5.75 Å². The molecule has 1 aliphatic heterocycles. The topological polar surface area (TPSA) is 66.9 Å². The van der Waals surface area contributed by atoms with E-state index in [1.807, 2.05) is 0 Å². The summed E-state index contributed by atoms with van der Waals surface area (Å²) in [6, 6.07) is 2.62. The van der Waals surface area contributed by atoms with Gasteiger partial charge in [-0.15, -0.1) is 12.4 Å². The maximum Gasteiger partial charge on any atom is 0.214 e. The van der Waals surface area contributed by atoms with Crippen LogP contribution in [-0.2, 0) is 15.8 Å². The summed E-state index contributed by atoms with van der Waals surface area (Å²) in [5.74, 6) is 0.690. The summed E-state index contributed by atoms with van der Waals surface area (Å²) in [6.45, 7) is 2.47. The number of carbonyl (C=O) groups is 1. The van der Waals surface area contributed by atoms with Crippen LogP contribution in [0.1, 0.15) is 73.7 Å². The molecule has 0 N–H and O–H groups in total. The molecular weight excluding hydrogens is 511 g/mol. The Bertz CT molecular complexity index is 964. The standard InChI is InChI=1S/C25H37FN2O4S2.ClH/c1-32-23-16-21(26)15-20(17-33)24(23)22(29)7-10-25(8-3-2-4-9-25)27-11-13-28(14-12-27)34(30,31)18-19-5-6-19;/h15-16,19,33H,2-14,17-18H2,1H3;1H. The highest BCUT2D eigenvalue weighted by atomic mass is 35.5. The molecule has 3 fully saturated rings. The summed E-state index contributed by atoms with van der Waals surface area (Å²) in [7, 11) is -1.72. The van der Waals surface area contributed by atoms with Crippen molar-refractivity contribution < 1.29 is 22.3 Å². The van der Waals surface area contributed by atoms with Crippen molar-refractivity contribution in [3.8, 4) is 5.75 Å². The Balaban J connectivity index is 0.00000342. The first-order valence-corrected chi connectivity index (χ1v) is 14.8. The predicted molar refractivity (Wildman–Crippen MR) is 142 cm³/mol. The highest BCUT2D eigenvalue weighted by molar-refractivity contribution is 7.89. The van der Waals surface area contributed by atoms with Crippen molar-refractivity contribution in [3.05, 3.63) is 29.1 Å². The molecule has 6 nitrogen and oxygen atoms in total. The molecule has 1 aromatic rings. The monoisotopic (exact) mass is 548 g/mol. The van der Waals surface area contributed by atoms with E-state index in [4.69, 9.17) is 4.74 Å². The average Bonchev–Trinajstić information content (AvgIpc) is 3.66. The van der Waals surface area contributed by atoms with Crippen LogP contribution >= 0.6 is 25.0 Å². The molecule has 0 bridgehead atoms. The van der Waals surface area contributed by atoms with Crippen LogP contribution in [0.4, 0.5) is 4.39 Å². The number of ketones is 1. The number of benzene rings is 1. The number of methoxy groups -OCH3 is 1. The van der Waals surface area contributed by atoms with Crippen LogP contribution in [0, 0.1) is 11.7 Å². The maximum atomic E-state index is 13.9. The zero-order chi connectivity index (χ0) is 24.3. The van der Waals surface area contributed by atoms with Gasteiger partial charge in [-0.3, -0.25) is 9.69 Å². The van der Waals surface area contributed by atoms with Gasteiger partial charge in [0.1, 0.15) is 11.6 Å². The van der Waals surface area contributed by atoms with Crippen molar-refractivity contribution in [3.63, 3.8) is 0 Å². The second kappa shape index (κ2) is 12.1. The predicted octanol–water partition coefficient (Wildman–Crippen LogP) is 4.71. The van der Waals surface area contributed by atoms with Crippen molar-refractivity contribution in [1.29, 1.82) is 0 Å². The fourth-order valence-corrected chi connectivity index (χ4v) is 7.88. The highest BCUT2D eigenvalue weighted by Crippen LogP contribution is 2.39. The molecule has 198 valence electrons. The molecule has 0 radical (unpaired) electrons. The summed E-state index contributed by atoms with van der Waals surface area (Å²) in [5.41, 5.74) is 0.896. The molecule has 0 amide bonds. The highest BCUT2D eigenvalue weighted by Gasteiger charge is 2.41. The Labute approximate surface area is 220 Å². The van der Waals surface area contributed by atoms with E-state index in [1.165, 1.54) is 25.7 Å². The zero-order valence-electron chi connectivity index (χ0n) is 20.5. The van der Waals surface area contributed by atoms with Crippen LogP contribution in [0.3, 0.4) is 0 Å². The van der Waals surface area contributed by atoms with E-state index in [2.05, 4.69) is 17.5 Å². The van der Waals surface area contributed by atoms with Gasteiger partial charge in [-0.25, -0.2) is 12.8 Å². The first-order chi connectivity index (χ1) is 16.3. The number of piperazine rings is 1. The normalized spacial score (nSPS) is 21.3. The number of sulfonamides is 1. The number of ether oxygens (including phenoxy) is 1. The molecule has 2 aliphatic carbocycles. The Kier molecular flexibility index (Phi) is 9.93.